The van der Waals surface area contributed by atoms with Gasteiger partial charge in [0.15, 0.2) is 0 Å². The van der Waals surface area contributed by atoms with Gasteiger partial charge in [-0.1, -0.05) is 6.07 Å². The van der Waals surface area contributed by atoms with E-state index in [1.807, 2.05) is 0 Å². The van der Waals surface area contributed by atoms with Gasteiger partial charge >= 0.3 is 0 Å². The van der Waals surface area contributed by atoms with Gasteiger partial charge in [-0.3, -0.25) is 0 Å². The lowest BCUT2D eigenvalue weighted by molar-refractivity contribution is 0.158. The lowest BCUT2D eigenvalue weighted by Crippen LogP contribution is -2.49. The van der Waals surface area contributed by atoms with E-state index < -0.39 is 15.8 Å². The van der Waals surface area contributed by atoms with Crippen LogP contribution in [0.2, 0.25) is 0 Å². The monoisotopic (exact) mass is 371 g/mol. The van der Waals surface area contributed by atoms with Crippen molar-refractivity contribution in [2.24, 2.45) is 0 Å². The molecule has 0 N–H and O–H groups in total. The summed E-state index contributed by atoms with van der Waals surface area (Å²) in [4.78, 5) is 4.49. The largest absolute Gasteiger partial charge is 0.309 e. The Balaban J connectivity index is 2.08. The maximum Gasteiger partial charge on any atom is 0.243 e. The highest BCUT2D eigenvalue weighted by Crippen LogP contribution is 2.25. The summed E-state index contributed by atoms with van der Waals surface area (Å²) in [5.74, 6) is -0.515. The normalized spacial score (nSPS) is 19.7. The molecule has 0 radical (unpaired) electrons. The summed E-state index contributed by atoms with van der Waals surface area (Å²) in [6, 6.07) is 4.16. The van der Waals surface area contributed by atoms with Crippen LogP contribution < -0.4 is 0 Å². The fourth-order valence-electron chi connectivity index (χ4n) is 3.31. The number of likely N-dealkylation sites (N-methyl/N-ethyl adjacent to an activating group) is 1. The van der Waals surface area contributed by atoms with Crippen LogP contribution in [0.5, 0.6) is 0 Å². The van der Waals surface area contributed by atoms with E-state index in [0.29, 0.717) is 18.7 Å². The summed E-state index contributed by atoms with van der Waals surface area (Å²) in [5.41, 5.74) is 0.586. The Bertz CT molecular complexity index is 679. The number of rotatable bonds is 7. The van der Waals surface area contributed by atoms with Crippen molar-refractivity contribution in [3.05, 3.63) is 29.6 Å². The quantitative estimate of drug-likeness (QED) is 0.737. The van der Waals surface area contributed by atoms with Gasteiger partial charge in [0.05, 0.1) is 4.90 Å². The van der Waals surface area contributed by atoms with Crippen molar-refractivity contribution in [3.63, 3.8) is 0 Å². The molecule has 1 aromatic rings. The molecule has 1 heterocycles. The van der Waals surface area contributed by atoms with Gasteiger partial charge in [-0.25, -0.2) is 12.8 Å². The standard InChI is InChI=1S/C18H30FN3O2S/c1-15-8-9-16(19)13-18(15)25(23,24)22-12-5-7-17(14-22)21(4)11-6-10-20(2)3/h8-9,13,17H,5-7,10-12,14H2,1-4H3/t17-/m0/s1. The molecule has 1 saturated heterocycles. The van der Waals surface area contributed by atoms with Crippen LogP contribution in [0.25, 0.3) is 0 Å². The van der Waals surface area contributed by atoms with Crippen molar-refractivity contribution in [1.82, 2.24) is 14.1 Å². The minimum atomic E-state index is -3.66. The second-order valence-electron chi connectivity index (χ2n) is 7.21. The third-order valence-electron chi connectivity index (χ3n) is 4.87. The summed E-state index contributed by atoms with van der Waals surface area (Å²) >= 11 is 0. The van der Waals surface area contributed by atoms with E-state index in [4.69, 9.17) is 0 Å². The van der Waals surface area contributed by atoms with E-state index >= 15 is 0 Å². The van der Waals surface area contributed by atoms with Crippen LogP contribution in [0.1, 0.15) is 24.8 Å². The number of benzene rings is 1. The van der Waals surface area contributed by atoms with E-state index in [1.54, 1.807) is 6.92 Å². The zero-order chi connectivity index (χ0) is 18.6. The molecule has 1 aliphatic rings. The van der Waals surface area contributed by atoms with Crippen molar-refractivity contribution in [1.29, 1.82) is 0 Å². The lowest BCUT2D eigenvalue weighted by atomic mass is 10.1. The molecule has 0 spiro atoms. The predicted octanol–water partition coefficient (Wildman–Crippen LogP) is 2.17. The van der Waals surface area contributed by atoms with Crippen LogP contribution in [-0.2, 0) is 10.0 Å². The lowest BCUT2D eigenvalue weighted by Gasteiger charge is -2.37. The van der Waals surface area contributed by atoms with E-state index in [9.17, 15) is 12.8 Å². The number of hydrogen-bond donors (Lipinski definition) is 0. The molecule has 0 aromatic heterocycles. The van der Waals surface area contributed by atoms with Gasteiger partial charge in [0.2, 0.25) is 10.0 Å². The minimum absolute atomic E-state index is 0.0865. The van der Waals surface area contributed by atoms with Gasteiger partial charge in [0, 0.05) is 19.1 Å². The second kappa shape index (κ2) is 8.58. The van der Waals surface area contributed by atoms with E-state index in [0.717, 1.165) is 38.4 Å². The highest BCUT2D eigenvalue weighted by molar-refractivity contribution is 7.89. The third-order valence-corrected chi connectivity index (χ3v) is 6.87. The first-order valence-corrected chi connectivity index (χ1v) is 10.3. The van der Waals surface area contributed by atoms with E-state index in [-0.39, 0.29) is 10.9 Å². The molecule has 1 aromatic carbocycles. The molecular weight excluding hydrogens is 341 g/mol. The summed E-state index contributed by atoms with van der Waals surface area (Å²) in [6.07, 6.45) is 2.87. The van der Waals surface area contributed by atoms with Crippen molar-refractivity contribution in [2.45, 2.75) is 37.1 Å². The van der Waals surface area contributed by atoms with E-state index in [2.05, 4.69) is 30.9 Å². The van der Waals surface area contributed by atoms with Crippen LogP contribution in [-0.4, -0.2) is 75.9 Å². The van der Waals surface area contributed by atoms with Gasteiger partial charge in [-0.2, -0.15) is 4.31 Å². The first kappa shape index (κ1) is 20.3. The Hall–Kier alpha value is -1.02. The van der Waals surface area contributed by atoms with Crippen LogP contribution in [0.15, 0.2) is 23.1 Å². The van der Waals surface area contributed by atoms with Crippen LogP contribution in [0, 0.1) is 12.7 Å². The van der Waals surface area contributed by atoms with E-state index in [1.165, 1.54) is 16.4 Å². The van der Waals surface area contributed by atoms with Crippen LogP contribution in [0.4, 0.5) is 4.39 Å². The van der Waals surface area contributed by atoms with Crippen molar-refractivity contribution in [3.8, 4) is 0 Å². The van der Waals surface area contributed by atoms with Gasteiger partial charge < -0.3 is 9.80 Å². The van der Waals surface area contributed by atoms with Gasteiger partial charge in [-0.05, 0) is 78.1 Å². The highest BCUT2D eigenvalue weighted by atomic mass is 32.2. The molecule has 7 heteroatoms. The second-order valence-corrected chi connectivity index (χ2v) is 9.11. The topological polar surface area (TPSA) is 43.9 Å². The number of nitrogens with zero attached hydrogens (tertiary/aromatic N) is 3. The Morgan fingerprint density at radius 3 is 2.64 bits per heavy atom. The number of sulfonamides is 1. The number of hydrogen-bond acceptors (Lipinski definition) is 4. The predicted molar refractivity (Wildman–Crippen MR) is 98.7 cm³/mol. The first-order chi connectivity index (χ1) is 11.7. The van der Waals surface area contributed by atoms with Crippen molar-refractivity contribution >= 4 is 10.0 Å². The average molecular weight is 372 g/mol. The maximum absolute atomic E-state index is 13.6. The molecule has 0 aliphatic carbocycles. The highest BCUT2D eigenvalue weighted by Gasteiger charge is 2.32. The molecule has 0 unspecified atom stereocenters. The first-order valence-electron chi connectivity index (χ1n) is 8.83. The fraction of sp³-hybridized carbons (Fsp3) is 0.667. The number of aryl methyl sites for hydroxylation is 1. The minimum Gasteiger partial charge on any atom is -0.309 e. The maximum atomic E-state index is 13.6. The van der Waals surface area contributed by atoms with Gasteiger partial charge in [0.1, 0.15) is 5.82 Å². The Morgan fingerprint density at radius 2 is 1.96 bits per heavy atom. The molecule has 2 rings (SSSR count). The number of piperidine rings is 1. The fourth-order valence-corrected chi connectivity index (χ4v) is 5.06. The molecule has 0 bridgehead atoms. The molecule has 1 aliphatic heterocycles. The summed E-state index contributed by atoms with van der Waals surface area (Å²) in [5, 5.41) is 0. The molecular formula is C18H30FN3O2S. The molecule has 1 atom stereocenters. The van der Waals surface area contributed by atoms with Crippen LogP contribution >= 0.6 is 0 Å². The summed E-state index contributed by atoms with van der Waals surface area (Å²) in [7, 11) is 2.51. The molecule has 0 saturated carbocycles. The third kappa shape index (κ3) is 5.23. The van der Waals surface area contributed by atoms with Gasteiger partial charge in [0.25, 0.3) is 0 Å². The van der Waals surface area contributed by atoms with Crippen molar-refractivity contribution < 1.29 is 12.8 Å². The SMILES string of the molecule is Cc1ccc(F)cc1S(=O)(=O)N1CCC[C@H](N(C)CCCN(C)C)C1. The van der Waals surface area contributed by atoms with Crippen LogP contribution in [0.3, 0.4) is 0 Å². The molecule has 0 amide bonds. The Morgan fingerprint density at radius 1 is 1.24 bits per heavy atom. The number of halogens is 1. The molecule has 142 valence electrons. The molecule has 5 nitrogen and oxygen atoms in total. The zero-order valence-electron chi connectivity index (χ0n) is 15.7. The average Bonchev–Trinajstić information content (AvgIpc) is 2.56. The Kier molecular flexibility index (Phi) is 6.96. The Labute approximate surface area is 151 Å². The zero-order valence-corrected chi connectivity index (χ0v) is 16.5. The summed E-state index contributed by atoms with van der Waals surface area (Å²) in [6.45, 7) is 4.63. The molecule has 25 heavy (non-hydrogen) atoms. The summed E-state index contributed by atoms with van der Waals surface area (Å²) < 4.78 is 41.0. The smallest absolute Gasteiger partial charge is 0.243 e. The van der Waals surface area contributed by atoms with Gasteiger partial charge in [-0.15, -0.1) is 0 Å². The van der Waals surface area contributed by atoms with Crippen molar-refractivity contribution in [2.75, 3.05) is 47.3 Å². The molecule has 1 fully saturated rings.